The lowest BCUT2D eigenvalue weighted by atomic mass is 10.1. The molecule has 2 aromatic carbocycles. The number of hydrogen-bond acceptors (Lipinski definition) is 5. The molecule has 1 aromatic heterocycles. The van der Waals surface area contributed by atoms with Gasteiger partial charge in [-0.3, -0.25) is 10.1 Å². The molecule has 1 N–H and O–H groups in total. The highest BCUT2D eigenvalue weighted by Crippen LogP contribution is 2.32. The number of carbonyl (C=O) groups excluding carboxylic acids is 1. The Morgan fingerprint density at radius 1 is 1.19 bits per heavy atom. The number of aromatic nitrogens is 1. The summed E-state index contributed by atoms with van der Waals surface area (Å²) in [4.78, 5) is 16.7. The molecule has 5 nitrogen and oxygen atoms in total. The summed E-state index contributed by atoms with van der Waals surface area (Å²) in [6.07, 6.45) is 0. The monoisotopic (exact) mass is 446 g/mol. The molecule has 0 atom stereocenters. The first-order chi connectivity index (χ1) is 13.1. The van der Waals surface area contributed by atoms with Crippen molar-refractivity contribution in [2.24, 2.45) is 0 Å². The second kappa shape index (κ2) is 9.01. The molecule has 27 heavy (non-hydrogen) atoms. The Morgan fingerprint density at radius 3 is 2.78 bits per heavy atom. The number of nitrogens with zero attached hydrogens (tertiary/aromatic N) is 1. The Labute approximate surface area is 170 Å². The van der Waals surface area contributed by atoms with Crippen LogP contribution in [0, 0.1) is 6.92 Å². The average Bonchev–Trinajstić information content (AvgIpc) is 3.10. The molecule has 0 unspecified atom stereocenters. The van der Waals surface area contributed by atoms with E-state index in [1.807, 2.05) is 61.7 Å². The second-order valence-corrected chi connectivity index (χ2v) is 7.45. The van der Waals surface area contributed by atoms with E-state index in [2.05, 4.69) is 26.2 Å². The molecule has 1 amide bonds. The smallest absolute Gasteiger partial charge is 0.264 e. The van der Waals surface area contributed by atoms with Crippen molar-refractivity contribution in [1.29, 1.82) is 0 Å². The van der Waals surface area contributed by atoms with Gasteiger partial charge in [0, 0.05) is 10.9 Å². The molecule has 0 saturated heterocycles. The number of ether oxygens (including phenoxy) is 2. The van der Waals surface area contributed by atoms with E-state index in [4.69, 9.17) is 9.47 Å². The standard InChI is InChI=1S/C20H19BrN2O3S/c1-3-25-17-7-5-4-6-14(17)16-12-27-20(22-16)23-19(24)11-26-18-9-8-13(2)10-15(18)21/h4-10,12H,3,11H2,1-2H3,(H,22,23,24). The summed E-state index contributed by atoms with van der Waals surface area (Å²) in [5, 5.41) is 5.19. The summed E-state index contributed by atoms with van der Waals surface area (Å²) >= 11 is 4.80. The number of benzene rings is 2. The fraction of sp³-hybridized carbons (Fsp3) is 0.200. The number of thiazole rings is 1. The van der Waals surface area contributed by atoms with E-state index >= 15 is 0 Å². The van der Waals surface area contributed by atoms with Crippen LogP contribution in [0.2, 0.25) is 0 Å². The van der Waals surface area contributed by atoms with E-state index in [0.29, 0.717) is 17.5 Å². The fourth-order valence-corrected chi connectivity index (χ4v) is 3.77. The number of anilines is 1. The largest absolute Gasteiger partial charge is 0.493 e. The van der Waals surface area contributed by atoms with Gasteiger partial charge >= 0.3 is 0 Å². The number of carbonyl (C=O) groups is 1. The first-order valence-electron chi connectivity index (χ1n) is 8.43. The molecule has 140 valence electrons. The van der Waals surface area contributed by atoms with Gasteiger partial charge in [0.05, 0.1) is 16.8 Å². The summed E-state index contributed by atoms with van der Waals surface area (Å²) in [6, 6.07) is 13.4. The van der Waals surface area contributed by atoms with Crippen LogP contribution < -0.4 is 14.8 Å². The molecule has 3 rings (SSSR count). The highest BCUT2D eigenvalue weighted by Gasteiger charge is 2.12. The van der Waals surface area contributed by atoms with E-state index in [1.165, 1.54) is 11.3 Å². The summed E-state index contributed by atoms with van der Waals surface area (Å²) < 4.78 is 12.0. The normalized spacial score (nSPS) is 10.5. The molecular weight excluding hydrogens is 428 g/mol. The van der Waals surface area contributed by atoms with E-state index in [1.54, 1.807) is 0 Å². The number of para-hydroxylation sites is 1. The Morgan fingerprint density at radius 2 is 2.00 bits per heavy atom. The molecule has 7 heteroatoms. The maximum Gasteiger partial charge on any atom is 0.264 e. The predicted molar refractivity (Wildman–Crippen MR) is 112 cm³/mol. The minimum atomic E-state index is -0.263. The summed E-state index contributed by atoms with van der Waals surface area (Å²) in [5.41, 5.74) is 2.78. The third-order valence-corrected chi connectivity index (χ3v) is 5.04. The fourth-order valence-electron chi connectivity index (χ4n) is 2.44. The van der Waals surface area contributed by atoms with Gasteiger partial charge in [-0.2, -0.15) is 0 Å². The molecule has 1 heterocycles. The topological polar surface area (TPSA) is 60.5 Å². The van der Waals surface area contributed by atoms with Crippen molar-refractivity contribution in [2.45, 2.75) is 13.8 Å². The van der Waals surface area contributed by atoms with Crippen LogP contribution >= 0.6 is 27.3 Å². The number of rotatable bonds is 7. The lowest BCUT2D eigenvalue weighted by Crippen LogP contribution is -2.20. The Bertz CT molecular complexity index is 942. The van der Waals surface area contributed by atoms with Gasteiger partial charge in [-0.25, -0.2) is 4.98 Å². The van der Waals surface area contributed by atoms with Crippen LogP contribution in [0.25, 0.3) is 11.3 Å². The van der Waals surface area contributed by atoms with E-state index in [0.717, 1.165) is 27.0 Å². The lowest BCUT2D eigenvalue weighted by Gasteiger charge is -2.08. The SMILES string of the molecule is CCOc1ccccc1-c1csc(NC(=O)COc2ccc(C)cc2Br)n1. The molecule has 0 saturated carbocycles. The van der Waals surface area contributed by atoms with E-state index < -0.39 is 0 Å². The molecule has 0 aliphatic rings. The first kappa shape index (κ1) is 19.4. The van der Waals surface area contributed by atoms with E-state index in [-0.39, 0.29) is 12.5 Å². The van der Waals surface area contributed by atoms with Crippen LogP contribution in [0.15, 0.2) is 52.3 Å². The quantitative estimate of drug-likeness (QED) is 0.534. The van der Waals surface area contributed by atoms with Crippen LogP contribution in [0.5, 0.6) is 11.5 Å². The van der Waals surface area contributed by atoms with Gasteiger partial charge in [-0.05, 0) is 59.6 Å². The van der Waals surface area contributed by atoms with Gasteiger partial charge in [0.1, 0.15) is 11.5 Å². The first-order valence-corrected chi connectivity index (χ1v) is 10.1. The van der Waals surface area contributed by atoms with Crippen LogP contribution in [-0.2, 0) is 4.79 Å². The van der Waals surface area contributed by atoms with Crippen molar-refractivity contribution in [3.05, 3.63) is 57.9 Å². The third kappa shape index (κ3) is 5.08. The third-order valence-electron chi connectivity index (χ3n) is 3.66. The zero-order valence-corrected chi connectivity index (χ0v) is 17.4. The van der Waals surface area contributed by atoms with Crippen LogP contribution in [0.3, 0.4) is 0 Å². The van der Waals surface area contributed by atoms with Gasteiger partial charge in [0.25, 0.3) is 5.91 Å². The number of halogens is 1. The van der Waals surface area contributed by atoms with Crippen LogP contribution in [0.1, 0.15) is 12.5 Å². The zero-order valence-electron chi connectivity index (χ0n) is 15.0. The lowest BCUT2D eigenvalue weighted by molar-refractivity contribution is -0.118. The predicted octanol–water partition coefficient (Wildman–Crippen LogP) is 5.30. The minimum absolute atomic E-state index is 0.0912. The number of hydrogen-bond donors (Lipinski definition) is 1. The maximum atomic E-state index is 12.2. The van der Waals surface area contributed by atoms with Gasteiger partial charge < -0.3 is 9.47 Å². The van der Waals surface area contributed by atoms with Crippen LogP contribution in [0.4, 0.5) is 5.13 Å². The van der Waals surface area contributed by atoms with Crippen molar-refractivity contribution in [3.63, 3.8) is 0 Å². The van der Waals surface area contributed by atoms with Gasteiger partial charge in [0.2, 0.25) is 0 Å². The van der Waals surface area contributed by atoms with Crippen molar-refractivity contribution >= 4 is 38.3 Å². The number of amides is 1. The maximum absolute atomic E-state index is 12.2. The molecule has 0 aliphatic carbocycles. The summed E-state index contributed by atoms with van der Waals surface area (Å²) in [7, 11) is 0. The molecule has 0 aliphatic heterocycles. The number of aryl methyl sites for hydroxylation is 1. The van der Waals surface area contributed by atoms with Crippen molar-refractivity contribution in [3.8, 4) is 22.8 Å². The molecule has 0 spiro atoms. The molecule has 0 radical (unpaired) electrons. The van der Waals surface area contributed by atoms with Crippen molar-refractivity contribution < 1.29 is 14.3 Å². The molecule has 0 bridgehead atoms. The van der Waals surface area contributed by atoms with Gasteiger partial charge in [-0.15, -0.1) is 11.3 Å². The highest BCUT2D eigenvalue weighted by molar-refractivity contribution is 9.10. The van der Waals surface area contributed by atoms with Crippen LogP contribution in [-0.4, -0.2) is 24.1 Å². The zero-order chi connectivity index (χ0) is 19.2. The Kier molecular flexibility index (Phi) is 6.47. The Balaban J connectivity index is 1.63. The minimum Gasteiger partial charge on any atom is -0.493 e. The molecule has 3 aromatic rings. The molecular formula is C20H19BrN2O3S. The Hall–Kier alpha value is -2.38. The van der Waals surface area contributed by atoms with Gasteiger partial charge in [0.15, 0.2) is 11.7 Å². The second-order valence-electron chi connectivity index (χ2n) is 5.74. The van der Waals surface area contributed by atoms with Crippen molar-refractivity contribution in [2.75, 3.05) is 18.5 Å². The van der Waals surface area contributed by atoms with E-state index in [9.17, 15) is 4.79 Å². The summed E-state index contributed by atoms with van der Waals surface area (Å²) in [5.74, 6) is 1.14. The summed E-state index contributed by atoms with van der Waals surface area (Å²) in [6.45, 7) is 4.42. The number of nitrogens with one attached hydrogen (secondary N) is 1. The average molecular weight is 447 g/mol. The molecule has 0 fully saturated rings. The highest BCUT2D eigenvalue weighted by atomic mass is 79.9. The van der Waals surface area contributed by atoms with Crippen molar-refractivity contribution in [1.82, 2.24) is 4.98 Å². The van der Waals surface area contributed by atoms with Gasteiger partial charge in [-0.1, -0.05) is 18.2 Å².